The Hall–Kier alpha value is -3.15. The van der Waals surface area contributed by atoms with Crippen LogP contribution in [0.5, 0.6) is 5.75 Å². The molecular weight excluding hydrogens is 359 g/mol. The van der Waals surface area contributed by atoms with Crippen molar-refractivity contribution in [3.8, 4) is 16.9 Å². The highest BCUT2D eigenvalue weighted by atomic mass is 19.1. The van der Waals surface area contributed by atoms with Crippen molar-refractivity contribution >= 4 is 5.97 Å². The lowest BCUT2D eigenvalue weighted by Gasteiger charge is -2.10. The second kappa shape index (κ2) is 8.69. The van der Waals surface area contributed by atoms with E-state index >= 15 is 0 Å². The average molecular weight is 382 g/mol. The molecular formula is C22H23FN2O3. The highest BCUT2D eigenvalue weighted by Gasteiger charge is 2.19. The standard InChI is InChI=1S/C22H23FN2O3/c1-4-27-22(26)21-19(12-24-25-21)18-10-9-17(11-20(18)23)28-13-15-5-7-16(8-6-15)14(2)3/h5-12,14H,4,13H2,1-3H3,(H,24,25). The van der Waals surface area contributed by atoms with Crippen LogP contribution in [0.1, 0.15) is 48.3 Å². The summed E-state index contributed by atoms with van der Waals surface area (Å²) in [5.41, 5.74) is 3.00. The van der Waals surface area contributed by atoms with E-state index in [-0.39, 0.29) is 17.9 Å². The molecule has 0 aliphatic rings. The third-order valence-corrected chi connectivity index (χ3v) is 4.40. The van der Waals surface area contributed by atoms with Crippen LogP contribution in [-0.2, 0) is 11.3 Å². The smallest absolute Gasteiger partial charge is 0.356 e. The van der Waals surface area contributed by atoms with E-state index in [1.54, 1.807) is 19.1 Å². The number of rotatable bonds is 7. The Bertz CT molecular complexity index is 949. The predicted octanol–water partition coefficient (Wildman–Crippen LogP) is 5.09. The van der Waals surface area contributed by atoms with Crippen molar-refractivity contribution in [2.24, 2.45) is 0 Å². The minimum absolute atomic E-state index is 0.125. The first-order chi connectivity index (χ1) is 13.5. The summed E-state index contributed by atoms with van der Waals surface area (Å²) in [4.78, 5) is 12.0. The molecule has 3 rings (SSSR count). The van der Waals surface area contributed by atoms with E-state index in [9.17, 15) is 9.18 Å². The maximum atomic E-state index is 14.6. The maximum Gasteiger partial charge on any atom is 0.356 e. The van der Waals surface area contributed by atoms with Crippen molar-refractivity contribution < 1.29 is 18.7 Å². The first-order valence-corrected chi connectivity index (χ1v) is 9.21. The summed E-state index contributed by atoms with van der Waals surface area (Å²) < 4.78 is 25.3. The van der Waals surface area contributed by atoms with Gasteiger partial charge in [-0.3, -0.25) is 5.10 Å². The summed E-state index contributed by atoms with van der Waals surface area (Å²) in [6, 6.07) is 12.7. The van der Waals surface area contributed by atoms with Crippen LogP contribution in [0.25, 0.3) is 11.1 Å². The molecule has 0 spiro atoms. The minimum Gasteiger partial charge on any atom is -0.489 e. The zero-order valence-corrected chi connectivity index (χ0v) is 16.2. The summed E-state index contributed by atoms with van der Waals surface area (Å²) in [5, 5.41) is 6.40. The molecule has 0 aliphatic carbocycles. The molecule has 0 aliphatic heterocycles. The van der Waals surface area contributed by atoms with E-state index in [4.69, 9.17) is 9.47 Å². The molecule has 6 heteroatoms. The molecule has 146 valence electrons. The van der Waals surface area contributed by atoms with Crippen LogP contribution in [0.2, 0.25) is 0 Å². The number of nitrogens with one attached hydrogen (secondary N) is 1. The van der Waals surface area contributed by atoms with Gasteiger partial charge >= 0.3 is 5.97 Å². The molecule has 0 bridgehead atoms. The van der Waals surface area contributed by atoms with Crippen LogP contribution in [-0.4, -0.2) is 22.8 Å². The molecule has 1 heterocycles. The van der Waals surface area contributed by atoms with E-state index in [0.717, 1.165) is 5.56 Å². The zero-order valence-electron chi connectivity index (χ0n) is 16.2. The molecule has 28 heavy (non-hydrogen) atoms. The molecule has 1 N–H and O–H groups in total. The monoisotopic (exact) mass is 382 g/mol. The van der Waals surface area contributed by atoms with Gasteiger partial charge in [-0.1, -0.05) is 38.1 Å². The Morgan fingerprint density at radius 3 is 2.54 bits per heavy atom. The Morgan fingerprint density at radius 1 is 1.14 bits per heavy atom. The van der Waals surface area contributed by atoms with Gasteiger partial charge in [-0.15, -0.1) is 0 Å². The van der Waals surface area contributed by atoms with E-state index in [0.29, 0.717) is 23.8 Å². The van der Waals surface area contributed by atoms with Crippen LogP contribution in [0.4, 0.5) is 4.39 Å². The molecule has 0 amide bonds. The van der Waals surface area contributed by atoms with Gasteiger partial charge in [0.1, 0.15) is 18.2 Å². The first-order valence-electron chi connectivity index (χ1n) is 9.21. The van der Waals surface area contributed by atoms with Crippen LogP contribution in [0.3, 0.4) is 0 Å². The van der Waals surface area contributed by atoms with Crippen LogP contribution >= 0.6 is 0 Å². The Labute approximate surface area is 163 Å². The molecule has 0 fully saturated rings. The van der Waals surface area contributed by atoms with Gasteiger partial charge in [-0.05, 0) is 36.1 Å². The summed E-state index contributed by atoms with van der Waals surface area (Å²) in [7, 11) is 0. The quantitative estimate of drug-likeness (QED) is 0.578. The second-order valence-electron chi connectivity index (χ2n) is 6.71. The predicted molar refractivity (Wildman–Crippen MR) is 105 cm³/mol. The van der Waals surface area contributed by atoms with Crippen LogP contribution in [0, 0.1) is 5.82 Å². The number of hydrogen-bond acceptors (Lipinski definition) is 4. The SMILES string of the molecule is CCOC(=O)c1[nH]ncc1-c1ccc(OCc2ccc(C(C)C)cc2)cc1F. The normalized spacial score (nSPS) is 10.9. The van der Waals surface area contributed by atoms with Gasteiger partial charge in [-0.25, -0.2) is 9.18 Å². The average Bonchev–Trinajstić information content (AvgIpc) is 3.16. The van der Waals surface area contributed by atoms with Crippen molar-refractivity contribution in [3.63, 3.8) is 0 Å². The second-order valence-corrected chi connectivity index (χ2v) is 6.71. The van der Waals surface area contributed by atoms with Gasteiger partial charge in [0.25, 0.3) is 0 Å². The Balaban J connectivity index is 1.73. The molecule has 0 unspecified atom stereocenters. The van der Waals surface area contributed by atoms with Gasteiger partial charge in [0.2, 0.25) is 0 Å². The number of aromatic nitrogens is 2. The number of benzene rings is 2. The highest BCUT2D eigenvalue weighted by Crippen LogP contribution is 2.29. The lowest BCUT2D eigenvalue weighted by atomic mass is 10.0. The van der Waals surface area contributed by atoms with Crippen molar-refractivity contribution in [1.82, 2.24) is 10.2 Å². The fourth-order valence-corrected chi connectivity index (χ4v) is 2.82. The Kier molecular flexibility index (Phi) is 6.09. The molecule has 5 nitrogen and oxygen atoms in total. The van der Waals surface area contributed by atoms with Crippen molar-refractivity contribution in [3.05, 3.63) is 71.3 Å². The molecule has 3 aromatic rings. The van der Waals surface area contributed by atoms with Crippen LogP contribution in [0.15, 0.2) is 48.7 Å². The molecule has 2 aromatic carbocycles. The van der Waals surface area contributed by atoms with Crippen molar-refractivity contribution in [1.29, 1.82) is 0 Å². The van der Waals surface area contributed by atoms with E-state index in [1.807, 2.05) is 12.1 Å². The van der Waals surface area contributed by atoms with Gasteiger partial charge in [0.05, 0.1) is 12.8 Å². The number of hydrogen-bond donors (Lipinski definition) is 1. The van der Waals surface area contributed by atoms with E-state index < -0.39 is 11.8 Å². The summed E-state index contributed by atoms with van der Waals surface area (Å²) in [6.07, 6.45) is 1.40. The fourth-order valence-electron chi connectivity index (χ4n) is 2.82. The minimum atomic E-state index is -0.570. The Morgan fingerprint density at radius 2 is 1.89 bits per heavy atom. The highest BCUT2D eigenvalue weighted by molar-refractivity contribution is 5.95. The number of nitrogens with zero attached hydrogens (tertiary/aromatic N) is 1. The van der Waals surface area contributed by atoms with Gasteiger partial charge in [0.15, 0.2) is 5.69 Å². The number of ether oxygens (including phenoxy) is 2. The zero-order chi connectivity index (χ0) is 20.1. The molecule has 1 aromatic heterocycles. The summed E-state index contributed by atoms with van der Waals surface area (Å²) >= 11 is 0. The summed E-state index contributed by atoms with van der Waals surface area (Å²) in [6.45, 7) is 6.56. The number of carbonyl (C=O) groups excluding carboxylic acids is 1. The van der Waals surface area contributed by atoms with Gasteiger partial charge in [0, 0.05) is 17.2 Å². The van der Waals surface area contributed by atoms with E-state index in [2.05, 4.69) is 36.2 Å². The van der Waals surface area contributed by atoms with Crippen molar-refractivity contribution in [2.45, 2.75) is 33.3 Å². The van der Waals surface area contributed by atoms with Gasteiger partial charge in [-0.2, -0.15) is 5.10 Å². The van der Waals surface area contributed by atoms with Crippen molar-refractivity contribution in [2.75, 3.05) is 6.61 Å². The summed E-state index contributed by atoms with van der Waals surface area (Å²) in [5.74, 6) is -0.187. The third-order valence-electron chi connectivity index (χ3n) is 4.40. The lowest BCUT2D eigenvalue weighted by molar-refractivity contribution is 0.0520. The number of esters is 1. The number of aromatic amines is 1. The van der Waals surface area contributed by atoms with Crippen LogP contribution < -0.4 is 4.74 Å². The number of carbonyl (C=O) groups is 1. The maximum absolute atomic E-state index is 14.6. The molecule has 0 atom stereocenters. The number of H-pyrrole nitrogens is 1. The molecule has 0 radical (unpaired) electrons. The molecule has 0 saturated carbocycles. The third kappa shape index (κ3) is 4.39. The largest absolute Gasteiger partial charge is 0.489 e. The van der Waals surface area contributed by atoms with Gasteiger partial charge < -0.3 is 9.47 Å². The fraction of sp³-hybridized carbons (Fsp3) is 0.273. The topological polar surface area (TPSA) is 64.2 Å². The van der Waals surface area contributed by atoms with E-state index in [1.165, 1.54) is 17.8 Å². The first kappa shape index (κ1) is 19.6. The lowest BCUT2D eigenvalue weighted by Crippen LogP contribution is -2.07. The molecule has 0 saturated heterocycles. The number of halogens is 1.